The number of amides is 2. The number of hydrogen-bond acceptors (Lipinski definition) is 4. The first-order valence-electron chi connectivity index (χ1n) is 11.9. The highest BCUT2D eigenvalue weighted by Crippen LogP contribution is 2.32. The third kappa shape index (κ3) is 4.29. The third-order valence-electron chi connectivity index (χ3n) is 5.99. The molecular formula is C28H28N6O2. The zero-order chi connectivity index (χ0) is 25.2. The lowest BCUT2D eigenvalue weighted by Crippen LogP contribution is -2.23. The number of nitrogens with zero attached hydrogens (tertiary/aromatic N) is 4. The highest BCUT2D eigenvalue weighted by molar-refractivity contribution is 6.02. The first kappa shape index (κ1) is 23.2. The van der Waals surface area contributed by atoms with Crippen LogP contribution in [0.1, 0.15) is 23.6 Å². The van der Waals surface area contributed by atoms with Gasteiger partial charge in [-0.15, -0.1) is 5.10 Å². The molecule has 5 aromatic rings. The molecule has 36 heavy (non-hydrogen) atoms. The first-order valence-corrected chi connectivity index (χ1v) is 11.9. The maximum absolute atomic E-state index is 13.4. The number of ether oxygens (including phenoxy) is 1. The van der Waals surface area contributed by atoms with Crippen molar-refractivity contribution < 1.29 is 9.53 Å². The fraction of sp³-hybridized carbons (Fsp3) is 0.179. The lowest BCUT2D eigenvalue weighted by atomic mass is 10.1. The molecule has 0 aliphatic carbocycles. The molecule has 0 aliphatic heterocycles. The van der Waals surface area contributed by atoms with Crippen LogP contribution >= 0.6 is 0 Å². The van der Waals surface area contributed by atoms with Crippen LogP contribution in [-0.4, -0.2) is 31.8 Å². The minimum absolute atomic E-state index is 0.408. The summed E-state index contributed by atoms with van der Waals surface area (Å²) in [6, 6.07) is 21.3. The largest absolute Gasteiger partial charge is 0.477 e. The molecule has 0 fully saturated rings. The second kappa shape index (κ2) is 9.58. The van der Waals surface area contributed by atoms with Crippen LogP contribution < -0.4 is 15.4 Å². The second-order valence-corrected chi connectivity index (χ2v) is 8.60. The molecule has 0 radical (unpaired) electrons. The monoisotopic (exact) mass is 480 g/mol. The molecule has 0 unspecified atom stereocenters. The second-order valence-electron chi connectivity index (χ2n) is 8.60. The van der Waals surface area contributed by atoms with Gasteiger partial charge in [-0.3, -0.25) is 15.0 Å². The Morgan fingerprint density at radius 2 is 1.64 bits per heavy atom. The maximum atomic E-state index is 13.4. The fourth-order valence-electron chi connectivity index (χ4n) is 4.13. The molecule has 0 atom stereocenters. The summed E-state index contributed by atoms with van der Waals surface area (Å²) in [7, 11) is 0. The lowest BCUT2D eigenvalue weighted by molar-refractivity contribution is 0.262. The number of para-hydroxylation sites is 1. The predicted molar refractivity (Wildman–Crippen MR) is 142 cm³/mol. The van der Waals surface area contributed by atoms with Gasteiger partial charge in [0.1, 0.15) is 23.0 Å². The van der Waals surface area contributed by atoms with Crippen molar-refractivity contribution in [3.63, 3.8) is 0 Å². The highest BCUT2D eigenvalue weighted by atomic mass is 16.5. The Morgan fingerprint density at radius 1 is 0.917 bits per heavy atom. The molecule has 3 heterocycles. The first-order chi connectivity index (χ1) is 17.5. The van der Waals surface area contributed by atoms with Crippen LogP contribution in [0.4, 0.5) is 16.4 Å². The number of aromatic nitrogens is 4. The predicted octanol–water partition coefficient (Wildman–Crippen LogP) is 6.15. The number of carbonyl (C=O) groups is 1. The SMILES string of the molecule is CCOc1nn(-c2ccccc2)c(NC(=O)Nc2c(-c3ccc(C)cc3)nc3c(C)cccn23)c1C. The third-order valence-corrected chi connectivity index (χ3v) is 5.99. The van der Waals surface area contributed by atoms with Gasteiger partial charge in [0.15, 0.2) is 0 Å². The average Bonchev–Trinajstić information content (AvgIpc) is 3.39. The molecule has 2 amide bonds. The highest BCUT2D eigenvalue weighted by Gasteiger charge is 2.21. The summed E-state index contributed by atoms with van der Waals surface area (Å²) in [6.45, 7) is 8.29. The molecule has 8 nitrogen and oxygen atoms in total. The minimum Gasteiger partial charge on any atom is -0.477 e. The molecule has 2 aromatic carbocycles. The number of nitrogens with one attached hydrogen (secondary N) is 2. The van der Waals surface area contributed by atoms with Crippen molar-refractivity contribution in [3.05, 3.63) is 89.6 Å². The zero-order valence-electron chi connectivity index (χ0n) is 20.7. The number of imidazole rings is 1. The smallest absolute Gasteiger partial charge is 0.326 e. The summed E-state index contributed by atoms with van der Waals surface area (Å²) in [5.74, 6) is 1.59. The van der Waals surface area contributed by atoms with Gasteiger partial charge in [-0.05, 0) is 51.5 Å². The van der Waals surface area contributed by atoms with Gasteiger partial charge in [0.05, 0.1) is 17.9 Å². The Balaban J connectivity index is 1.54. The summed E-state index contributed by atoms with van der Waals surface area (Å²) < 4.78 is 9.29. The molecule has 2 N–H and O–H groups in total. The summed E-state index contributed by atoms with van der Waals surface area (Å²) in [5, 5.41) is 10.6. The summed E-state index contributed by atoms with van der Waals surface area (Å²) in [5.41, 5.74) is 6.12. The normalized spacial score (nSPS) is 11.0. The van der Waals surface area contributed by atoms with E-state index in [4.69, 9.17) is 9.72 Å². The Labute approximate surface area is 209 Å². The van der Waals surface area contributed by atoms with Crippen molar-refractivity contribution in [2.24, 2.45) is 0 Å². The van der Waals surface area contributed by atoms with Crippen molar-refractivity contribution in [3.8, 4) is 22.8 Å². The molecule has 0 spiro atoms. The number of anilines is 2. The average molecular weight is 481 g/mol. The van der Waals surface area contributed by atoms with Crippen molar-refractivity contribution in [2.75, 3.05) is 17.2 Å². The van der Waals surface area contributed by atoms with Crippen LogP contribution in [0.2, 0.25) is 0 Å². The Bertz CT molecular complexity index is 1530. The van der Waals surface area contributed by atoms with Crippen molar-refractivity contribution >= 4 is 23.3 Å². The summed E-state index contributed by atoms with van der Waals surface area (Å²) >= 11 is 0. The molecule has 0 bridgehead atoms. The van der Waals surface area contributed by atoms with E-state index in [-0.39, 0.29) is 0 Å². The lowest BCUT2D eigenvalue weighted by Gasteiger charge is -2.12. The van der Waals surface area contributed by atoms with Crippen LogP contribution in [0.3, 0.4) is 0 Å². The number of aryl methyl sites for hydroxylation is 2. The minimum atomic E-state index is -0.408. The number of benzene rings is 2. The summed E-state index contributed by atoms with van der Waals surface area (Å²) in [6.07, 6.45) is 1.90. The molecule has 8 heteroatoms. The molecule has 0 saturated heterocycles. The molecule has 0 aliphatic rings. The molecular weight excluding hydrogens is 452 g/mol. The van der Waals surface area contributed by atoms with E-state index in [9.17, 15) is 4.79 Å². The fourth-order valence-corrected chi connectivity index (χ4v) is 4.13. The number of carbonyl (C=O) groups excluding carboxylic acids is 1. The Kier molecular flexibility index (Phi) is 6.16. The zero-order valence-corrected chi connectivity index (χ0v) is 20.7. The van der Waals surface area contributed by atoms with Gasteiger partial charge >= 0.3 is 6.03 Å². The standard InChI is InChI=1S/C28H28N6O2/c1-5-36-27-20(4)25(34(32-27)22-11-7-6-8-12-22)30-28(35)31-26-23(21-15-13-18(2)14-16-21)29-24-19(3)10-9-17-33(24)26/h6-17H,5H2,1-4H3,(H2,30,31,35). The molecule has 0 saturated carbocycles. The summed E-state index contributed by atoms with van der Waals surface area (Å²) in [4.78, 5) is 18.3. The van der Waals surface area contributed by atoms with Gasteiger partial charge in [0.2, 0.25) is 5.88 Å². The van der Waals surface area contributed by atoms with Crippen molar-refractivity contribution in [1.82, 2.24) is 19.2 Å². The van der Waals surface area contributed by atoms with E-state index in [0.29, 0.717) is 29.8 Å². The van der Waals surface area contributed by atoms with Gasteiger partial charge in [0, 0.05) is 11.8 Å². The molecule has 5 rings (SSSR count). The van der Waals surface area contributed by atoms with E-state index in [1.54, 1.807) is 4.68 Å². The van der Waals surface area contributed by atoms with Gasteiger partial charge in [-0.2, -0.15) is 0 Å². The van der Waals surface area contributed by atoms with E-state index in [1.807, 2.05) is 105 Å². The Morgan fingerprint density at radius 3 is 2.36 bits per heavy atom. The number of hydrogen-bond donors (Lipinski definition) is 2. The number of rotatable bonds is 6. The Hall–Kier alpha value is -4.59. The molecule has 3 aromatic heterocycles. The van der Waals surface area contributed by atoms with Crippen LogP contribution in [0.15, 0.2) is 72.9 Å². The van der Waals surface area contributed by atoms with Crippen molar-refractivity contribution in [1.29, 1.82) is 0 Å². The van der Waals surface area contributed by atoms with Crippen LogP contribution in [0.25, 0.3) is 22.6 Å². The van der Waals surface area contributed by atoms with Gasteiger partial charge in [0.25, 0.3) is 0 Å². The van der Waals surface area contributed by atoms with Gasteiger partial charge < -0.3 is 4.74 Å². The van der Waals surface area contributed by atoms with Gasteiger partial charge in [-0.25, -0.2) is 14.5 Å². The van der Waals surface area contributed by atoms with Crippen LogP contribution in [-0.2, 0) is 0 Å². The van der Waals surface area contributed by atoms with E-state index in [1.165, 1.54) is 0 Å². The van der Waals surface area contributed by atoms with E-state index < -0.39 is 6.03 Å². The number of urea groups is 1. The van der Waals surface area contributed by atoms with Crippen LogP contribution in [0, 0.1) is 20.8 Å². The maximum Gasteiger partial charge on any atom is 0.326 e. The number of pyridine rings is 1. The molecule has 182 valence electrons. The quantitative estimate of drug-likeness (QED) is 0.305. The topological polar surface area (TPSA) is 85.5 Å². The van der Waals surface area contributed by atoms with E-state index in [0.717, 1.165) is 33.6 Å². The van der Waals surface area contributed by atoms with Crippen molar-refractivity contribution in [2.45, 2.75) is 27.7 Å². The van der Waals surface area contributed by atoms with Crippen LogP contribution in [0.5, 0.6) is 5.88 Å². The van der Waals surface area contributed by atoms with Gasteiger partial charge in [-0.1, -0.05) is 54.1 Å². The van der Waals surface area contributed by atoms with E-state index >= 15 is 0 Å². The van der Waals surface area contributed by atoms with E-state index in [2.05, 4.69) is 15.7 Å². The number of fused-ring (bicyclic) bond motifs is 1.